The van der Waals surface area contributed by atoms with Gasteiger partial charge in [0.1, 0.15) is 5.75 Å². The number of anilines is 1. The maximum Gasteiger partial charge on any atom is 0.121 e. The summed E-state index contributed by atoms with van der Waals surface area (Å²) in [6.45, 7) is 4.96. The van der Waals surface area contributed by atoms with E-state index < -0.39 is 0 Å². The van der Waals surface area contributed by atoms with Gasteiger partial charge in [0.05, 0.1) is 6.10 Å². The molecule has 0 aliphatic heterocycles. The maximum absolute atomic E-state index is 5.87. The van der Waals surface area contributed by atoms with Crippen LogP contribution in [0.5, 0.6) is 5.75 Å². The van der Waals surface area contributed by atoms with Crippen LogP contribution in [0.1, 0.15) is 25.8 Å². The summed E-state index contributed by atoms with van der Waals surface area (Å²) in [4.78, 5) is 0. The highest BCUT2D eigenvalue weighted by molar-refractivity contribution is 6.30. The molecule has 0 spiro atoms. The fourth-order valence-electron chi connectivity index (χ4n) is 1.80. The van der Waals surface area contributed by atoms with Gasteiger partial charge in [0.25, 0.3) is 0 Å². The molecule has 3 heteroatoms. The maximum atomic E-state index is 5.87. The Morgan fingerprint density at radius 2 is 1.90 bits per heavy atom. The number of halogens is 1. The third kappa shape index (κ3) is 4.46. The fraction of sp³-hybridized carbons (Fsp3) is 0.294. The molecule has 0 heterocycles. The standard InChI is InChI=1S/C17H20ClNO/c1-3-13(2)20-17-6-4-5-16(11-17)19-12-14-7-9-15(18)10-8-14/h4-11,13,19H,3,12H2,1-2H3. The summed E-state index contributed by atoms with van der Waals surface area (Å²) in [6, 6.07) is 15.9. The highest BCUT2D eigenvalue weighted by atomic mass is 35.5. The minimum atomic E-state index is 0.238. The molecule has 1 atom stereocenters. The number of ether oxygens (including phenoxy) is 1. The zero-order valence-corrected chi connectivity index (χ0v) is 12.7. The summed E-state index contributed by atoms with van der Waals surface area (Å²) in [5, 5.41) is 4.15. The Morgan fingerprint density at radius 3 is 2.60 bits per heavy atom. The van der Waals surface area contributed by atoms with E-state index >= 15 is 0 Å². The Labute approximate surface area is 125 Å². The molecule has 0 aromatic heterocycles. The molecule has 0 aliphatic rings. The molecule has 0 saturated carbocycles. The average Bonchev–Trinajstić information content (AvgIpc) is 2.47. The van der Waals surface area contributed by atoms with Gasteiger partial charge in [-0.15, -0.1) is 0 Å². The Morgan fingerprint density at radius 1 is 1.15 bits per heavy atom. The van der Waals surface area contributed by atoms with Crippen molar-refractivity contribution in [3.8, 4) is 5.75 Å². The van der Waals surface area contributed by atoms with Crippen molar-refractivity contribution >= 4 is 17.3 Å². The third-order valence-corrected chi connectivity index (χ3v) is 3.41. The molecule has 1 unspecified atom stereocenters. The minimum Gasteiger partial charge on any atom is -0.491 e. The number of hydrogen-bond acceptors (Lipinski definition) is 2. The summed E-state index contributed by atoms with van der Waals surface area (Å²) in [5.41, 5.74) is 2.25. The highest BCUT2D eigenvalue weighted by Gasteiger charge is 2.02. The second-order valence-electron chi connectivity index (χ2n) is 4.84. The largest absolute Gasteiger partial charge is 0.491 e. The second-order valence-corrected chi connectivity index (χ2v) is 5.28. The summed E-state index contributed by atoms with van der Waals surface area (Å²) in [5.74, 6) is 0.903. The van der Waals surface area contributed by atoms with Crippen molar-refractivity contribution in [3.05, 3.63) is 59.1 Å². The normalized spacial score (nSPS) is 11.9. The molecule has 2 aromatic carbocycles. The molecule has 2 rings (SSSR count). The SMILES string of the molecule is CCC(C)Oc1cccc(NCc2ccc(Cl)cc2)c1. The van der Waals surface area contributed by atoms with Gasteiger partial charge in [-0.3, -0.25) is 0 Å². The Hall–Kier alpha value is -1.67. The molecular weight excluding hydrogens is 270 g/mol. The van der Waals surface area contributed by atoms with E-state index in [1.807, 2.05) is 48.5 Å². The summed E-state index contributed by atoms with van der Waals surface area (Å²) in [7, 11) is 0. The van der Waals surface area contributed by atoms with E-state index in [9.17, 15) is 0 Å². The lowest BCUT2D eigenvalue weighted by molar-refractivity contribution is 0.217. The van der Waals surface area contributed by atoms with Crippen molar-refractivity contribution in [2.45, 2.75) is 32.9 Å². The van der Waals surface area contributed by atoms with Crippen LogP contribution < -0.4 is 10.1 Å². The van der Waals surface area contributed by atoms with Crippen LogP contribution in [-0.4, -0.2) is 6.10 Å². The predicted molar refractivity (Wildman–Crippen MR) is 85.6 cm³/mol. The topological polar surface area (TPSA) is 21.3 Å². The van der Waals surface area contributed by atoms with Crippen LogP contribution in [0.25, 0.3) is 0 Å². The zero-order valence-electron chi connectivity index (χ0n) is 11.9. The Bertz CT molecular complexity index is 539. The smallest absolute Gasteiger partial charge is 0.121 e. The van der Waals surface area contributed by atoms with Crippen LogP contribution >= 0.6 is 11.6 Å². The van der Waals surface area contributed by atoms with Gasteiger partial charge in [-0.2, -0.15) is 0 Å². The quantitative estimate of drug-likeness (QED) is 0.796. The number of rotatable bonds is 6. The molecule has 2 nitrogen and oxygen atoms in total. The van der Waals surface area contributed by atoms with Gasteiger partial charge in [-0.1, -0.05) is 36.7 Å². The molecule has 0 fully saturated rings. The van der Waals surface area contributed by atoms with E-state index in [4.69, 9.17) is 16.3 Å². The predicted octanol–water partition coefficient (Wildman–Crippen LogP) is 5.13. The molecule has 1 N–H and O–H groups in total. The average molecular weight is 290 g/mol. The van der Waals surface area contributed by atoms with E-state index in [1.165, 1.54) is 5.56 Å². The number of hydrogen-bond donors (Lipinski definition) is 1. The van der Waals surface area contributed by atoms with Gasteiger partial charge in [-0.05, 0) is 43.2 Å². The molecule has 0 saturated heterocycles. The minimum absolute atomic E-state index is 0.238. The first-order valence-electron chi connectivity index (χ1n) is 6.92. The van der Waals surface area contributed by atoms with E-state index in [1.54, 1.807) is 0 Å². The van der Waals surface area contributed by atoms with Crippen LogP contribution in [0.3, 0.4) is 0 Å². The summed E-state index contributed by atoms with van der Waals surface area (Å²) >= 11 is 5.87. The van der Waals surface area contributed by atoms with Crippen molar-refractivity contribution in [2.75, 3.05) is 5.32 Å². The van der Waals surface area contributed by atoms with Crippen molar-refractivity contribution in [2.24, 2.45) is 0 Å². The molecule has 0 radical (unpaired) electrons. The van der Waals surface area contributed by atoms with Gasteiger partial charge in [0, 0.05) is 23.3 Å². The van der Waals surface area contributed by atoms with E-state index in [0.717, 1.165) is 29.4 Å². The lowest BCUT2D eigenvalue weighted by atomic mass is 10.2. The molecule has 20 heavy (non-hydrogen) atoms. The first-order valence-corrected chi connectivity index (χ1v) is 7.30. The van der Waals surface area contributed by atoms with Crippen LogP contribution in [0.2, 0.25) is 5.02 Å². The Kier molecular flexibility index (Phi) is 5.31. The van der Waals surface area contributed by atoms with Crippen LogP contribution in [-0.2, 0) is 6.54 Å². The second kappa shape index (κ2) is 7.20. The Balaban J connectivity index is 1.95. The van der Waals surface area contributed by atoms with Gasteiger partial charge in [-0.25, -0.2) is 0 Å². The number of benzene rings is 2. The molecule has 0 amide bonds. The number of nitrogens with one attached hydrogen (secondary N) is 1. The molecule has 0 bridgehead atoms. The van der Waals surface area contributed by atoms with Crippen molar-refractivity contribution in [3.63, 3.8) is 0 Å². The van der Waals surface area contributed by atoms with Gasteiger partial charge < -0.3 is 10.1 Å². The van der Waals surface area contributed by atoms with Crippen molar-refractivity contribution < 1.29 is 4.74 Å². The molecule has 2 aromatic rings. The molecular formula is C17H20ClNO. The van der Waals surface area contributed by atoms with Crippen molar-refractivity contribution in [1.29, 1.82) is 0 Å². The van der Waals surface area contributed by atoms with Crippen LogP contribution in [0.4, 0.5) is 5.69 Å². The molecule has 0 aliphatic carbocycles. The molecule has 106 valence electrons. The lowest BCUT2D eigenvalue weighted by Gasteiger charge is -2.14. The zero-order chi connectivity index (χ0) is 14.4. The monoisotopic (exact) mass is 289 g/mol. The highest BCUT2D eigenvalue weighted by Crippen LogP contribution is 2.20. The van der Waals surface area contributed by atoms with Crippen molar-refractivity contribution in [1.82, 2.24) is 0 Å². The fourth-order valence-corrected chi connectivity index (χ4v) is 1.93. The first kappa shape index (κ1) is 14.7. The third-order valence-electron chi connectivity index (χ3n) is 3.16. The van der Waals surface area contributed by atoms with Crippen LogP contribution in [0, 0.1) is 0 Å². The first-order chi connectivity index (χ1) is 9.67. The summed E-state index contributed by atoms with van der Waals surface area (Å²) in [6.07, 6.45) is 1.24. The van der Waals surface area contributed by atoms with E-state index in [2.05, 4.69) is 19.2 Å². The van der Waals surface area contributed by atoms with Gasteiger partial charge in [0.15, 0.2) is 0 Å². The summed E-state index contributed by atoms with van der Waals surface area (Å²) < 4.78 is 5.81. The van der Waals surface area contributed by atoms with E-state index in [0.29, 0.717) is 0 Å². The van der Waals surface area contributed by atoms with E-state index in [-0.39, 0.29) is 6.10 Å². The lowest BCUT2D eigenvalue weighted by Crippen LogP contribution is -2.09. The van der Waals surface area contributed by atoms with Gasteiger partial charge >= 0.3 is 0 Å². The van der Waals surface area contributed by atoms with Gasteiger partial charge in [0.2, 0.25) is 0 Å². The van der Waals surface area contributed by atoms with Crippen LogP contribution in [0.15, 0.2) is 48.5 Å².